The summed E-state index contributed by atoms with van der Waals surface area (Å²) >= 11 is 3.38. The first-order chi connectivity index (χ1) is 7.54. The number of halogens is 1. The first kappa shape index (κ1) is 12.8. The maximum absolute atomic E-state index is 11.9. The highest BCUT2D eigenvalue weighted by atomic mass is 79.9. The van der Waals surface area contributed by atoms with E-state index >= 15 is 0 Å². The Morgan fingerprint density at radius 2 is 2.31 bits per heavy atom. The van der Waals surface area contributed by atoms with Crippen LogP contribution in [0.25, 0.3) is 0 Å². The molecule has 16 heavy (non-hydrogen) atoms. The summed E-state index contributed by atoms with van der Waals surface area (Å²) in [6.07, 6.45) is 5.72. The van der Waals surface area contributed by atoms with Crippen LogP contribution in [-0.4, -0.2) is 11.9 Å². The van der Waals surface area contributed by atoms with E-state index in [2.05, 4.69) is 27.2 Å². The lowest BCUT2D eigenvalue weighted by molar-refractivity contribution is 0.0940. The molecule has 0 bridgehead atoms. The van der Waals surface area contributed by atoms with E-state index in [0.29, 0.717) is 12.0 Å². The van der Waals surface area contributed by atoms with Crippen LogP contribution in [0.4, 0.5) is 0 Å². The van der Waals surface area contributed by atoms with Crippen molar-refractivity contribution in [2.75, 3.05) is 0 Å². The lowest BCUT2D eigenvalue weighted by atomic mass is 10.1. The molecule has 1 rings (SSSR count). The van der Waals surface area contributed by atoms with Gasteiger partial charge in [-0.15, -0.1) is 12.3 Å². The molecule has 1 amide bonds. The van der Waals surface area contributed by atoms with E-state index in [1.807, 2.05) is 26.0 Å². The van der Waals surface area contributed by atoms with Crippen LogP contribution in [0, 0.1) is 19.3 Å². The lowest BCUT2D eigenvalue weighted by Gasteiger charge is -2.12. The Kier molecular flexibility index (Phi) is 4.57. The van der Waals surface area contributed by atoms with Crippen LogP contribution in [-0.2, 0) is 0 Å². The fourth-order valence-corrected chi connectivity index (χ4v) is 2.01. The van der Waals surface area contributed by atoms with E-state index < -0.39 is 0 Å². The van der Waals surface area contributed by atoms with E-state index in [0.717, 1.165) is 10.0 Å². The van der Waals surface area contributed by atoms with Gasteiger partial charge in [0.15, 0.2) is 0 Å². The highest BCUT2D eigenvalue weighted by molar-refractivity contribution is 9.10. The van der Waals surface area contributed by atoms with Crippen molar-refractivity contribution in [3.05, 3.63) is 33.8 Å². The highest BCUT2D eigenvalue weighted by Crippen LogP contribution is 2.18. The van der Waals surface area contributed by atoms with Crippen molar-refractivity contribution >= 4 is 21.8 Å². The molecule has 0 radical (unpaired) electrons. The van der Waals surface area contributed by atoms with Crippen molar-refractivity contribution in [2.24, 2.45) is 0 Å². The van der Waals surface area contributed by atoms with Crippen LogP contribution in [0.5, 0.6) is 0 Å². The second-order valence-corrected chi connectivity index (χ2v) is 4.62. The molecule has 3 heteroatoms. The predicted molar refractivity (Wildman–Crippen MR) is 69.3 cm³/mol. The van der Waals surface area contributed by atoms with Crippen molar-refractivity contribution in [3.63, 3.8) is 0 Å². The fourth-order valence-electron chi connectivity index (χ4n) is 1.33. The van der Waals surface area contributed by atoms with Gasteiger partial charge >= 0.3 is 0 Å². The van der Waals surface area contributed by atoms with Crippen LogP contribution in [0.2, 0.25) is 0 Å². The number of carbonyl (C=O) groups excluding carboxylic acids is 1. The van der Waals surface area contributed by atoms with Crippen molar-refractivity contribution < 1.29 is 4.79 Å². The molecule has 2 nitrogen and oxygen atoms in total. The summed E-state index contributed by atoms with van der Waals surface area (Å²) in [5.41, 5.74) is 1.74. The summed E-state index contributed by atoms with van der Waals surface area (Å²) in [6, 6.07) is 5.62. The Labute approximate surface area is 105 Å². The minimum Gasteiger partial charge on any atom is -0.349 e. The summed E-state index contributed by atoms with van der Waals surface area (Å²) in [4.78, 5) is 11.9. The van der Waals surface area contributed by atoms with E-state index in [1.54, 1.807) is 6.07 Å². The standard InChI is InChI=1S/C13H14BrNO/c1-4-5-10(3)15-13(16)11-7-6-9(2)8-12(11)14/h1,6-8,10H,5H2,2-3H3,(H,15,16). The third-order valence-electron chi connectivity index (χ3n) is 2.17. The second-order valence-electron chi connectivity index (χ2n) is 3.77. The monoisotopic (exact) mass is 279 g/mol. The van der Waals surface area contributed by atoms with Gasteiger partial charge in [-0.05, 0) is 47.5 Å². The SMILES string of the molecule is C#CCC(C)NC(=O)c1ccc(C)cc1Br. The van der Waals surface area contributed by atoms with Gasteiger partial charge in [-0.3, -0.25) is 4.79 Å². The molecule has 0 heterocycles. The van der Waals surface area contributed by atoms with Crippen LogP contribution in [0.3, 0.4) is 0 Å². The maximum atomic E-state index is 11.9. The molecular formula is C13H14BrNO. The number of amides is 1. The summed E-state index contributed by atoms with van der Waals surface area (Å²) < 4.78 is 0.804. The summed E-state index contributed by atoms with van der Waals surface area (Å²) in [5.74, 6) is 2.42. The number of nitrogens with one attached hydrogen (secondary N) is 1. The van der Waals surface area contributed by atoms with E-state index in [4.69, 9.17) is 6.42 Å². The third kappa shape index (κ3) is 3.39. The maximum Gasteiger partial charge on any atom is 0.252 e. The number of benzene rings is 1. The Morgan fingerprint density at radius 1 is 1.62 bits per heavy atom. The minimum atomic E-state index is -0.102. The number of terminal acetylenes is 1. The molecule has 84 valence electrons. The average Bonchev–Trinajstić information content (AvgIpc) is 2.17. The summed E-state index contributed by atoms with van der Waals surface area (Å²) in [6.45, 7) is 3.87. The molecule has 0 saturated heterocycles. The van der Waals surface area contributed by atoms with Gasteiger partial charge in [-0.1, -0.05) is 6.07 Å². The topological polar surface area (TPSA) is 29.1 Å². The average molecular weight is 280 g/mol. The highest BCUT2D eigenvalue weighted by Gasteiger charge is 2.11. The lowest BCUT2D eigenvalue weighted by Crippen LogP contribution is -2.32. The molecule has 0 saturated carbocycles. The first-order valence-electron chi connectivity index (χ1n) is 5.05. The molecule has 0 aromatic heterocycles. The van der Waals surface area contributed by atoms with Crippen molar-refractivity contribution in [2.45, 2.75) is 26.3 Å². The van der Waals surface area contributed by atoms with Gasteiger partial charge in [0, 0.05) is 16.9 Å². The van der Waals surface area contributed by atoms with Crippen LogP contribution in [0.1, 0.15) is 29.3 Å². The molecule has 0 aliphatic heterocycles. The van der Waals surface area contributed by atoms with Crippen LogP contribution in [0.15, 0.2) is 22.7 Å². The van der Waals surface area contributed by atoms with Gasteiger partial charge in [0.25, 0.3) is 5.91 Å². The molecule has 1 N–H and O–H groups in total. The Morgan fingerprint density at radius 3 is 2.88 bits per heavy atom. The zero-order valence-corrected chi connectivity index (χ0v) is 11.0. The van der Waals surface area contributed by atoms with E-state index in [1.165, 1.54) is 0 Å². The van der Waals surface area contributed by atoms with Crippen LogP contribution >= 0.6 is 15.9 Å². The fraction of sp³-hybridized carbons (Fsp3) is 0.308. The molecular weight excluding hydrogens is 266 g/mol. The van der Waals surface area contributed by atoms with Gasteiger partial charge in [0.2, 0.25) is 0 Å². The molecule has 1 unspecified atom stereocenters. The van der Waals surface area contributed by atoms with Gasteiger partial charge in [0.05, 0.1) is 5.56 Å². The molecule has 1 aromatic carbocycles. The first-order valence-corrected chi connectivity index (χ1v) is 5.84. The minimum absolute atomic E-state index is 0.00861. The molecule has 1 aromatic rings. The van der Waals surface area contributed by atoms with Gasteiger partial charge in [-0.2, -0.15) is 0 Å². The molecule has 1 atom stereocenters. The molecule has 0 spiro atoms. The molecule has 0 fully saturated rings. The Bertz CT molecular complexity index is 434. The van der Waals surface area contributed by atoms with E-state index in [-0.39, 0.29) is 11.9 Å². The molecule has 0 aliphatic rings. The molecule has 0 aliphatic carbocycles. The van der Waals surface area contributed by atoms with Gasteiger partial charge in [-0.25, -0.2) is 0 Å². The number of carbonyl (C=O) groups is 1. The number of aryl methyl sites for hydroxylation is 1. The zero-order chi connectivity index (χ0) is 12.1. The third-order valence-corrected chi connectivity index (χ3v) is 2.83. The van der Waals surface area contributed by atoms with Crippen molar-refractivity contribution in [3.8, 4) is 12.3 Å². The zero-order valence-electron chi connectivity index (χ0n) is 9.38. The van der Waals surface area contributed by atoms with Crippen molar-refractivity contribution in [1.82, 2.24) is 5.32 Å². The summed E-state index contributed by atoms with van der Waals surface area (Å²) in [5, 5.41) is 2.85. The number of hydrogen-bond donors (Lipinski definition) is 1. The Hall–Kier alpha value is -1.27. The summed E-state index contributed by atoms with van der Waals surface area (Å²) in [7, 11) is 0. The second kappa shape index (κ2) is 5.72. The number of rotatable bonds is 3. The largest absolute Gasteiger partial charge is 0.349 e. The Balaban J connectivity index is 2.78. The normalized spacial score (nSPS) is 11.6. The number of hydrogen-bond acceptors (Lipinski definition) is 1. The quantitative estimate of drug-likeness (QED) is 0.847. The van der Waals surface area contributed by atoms with Crippen LogP contribution < -0.4 is 5.32 Å². The van der Waals surface area contributed by atoms with Gasteiger partial charge < -0.3 is 5.32 Å². The van der Waals surface area contributed by atoms with Crippen molar-refractivity contribution in [1.29, 1.82) is 0 Å². The predicted octanol–water partition coefficient (Wildman–Crippen LogP) is 2.90. The smallest absolute Gasteiger partial charge is 0.252 e. The van der Waals surface area contributed by atoms with E-state index in [9.17, 15) is 4.79 Å². The van der Waals surface area contributed by atoms with Gasteiger partial charge in [0.1, 0.15) is 0 Å².